The van der Waals surface area contributed by atoms with Crippen molar-refractivity contribution in [1.82, 2.24) is 9.13 Å². The van der Waals surface area contributed by atoms with Crippen molar-refractivity contribution in [3.05, 3.63) is 100 Å². The van der Waals surface area contributed by atoms with Crippen LogP contribution in [-0.4, -0.2) is 9.13 Å². The van der Waals surface area contributed by atoms with Crippen molar-refractivity contribution in [1.29, 1.82) is 0 Å². The Labute approximate surface area is 169 Å². The highest BCUT2D eigenvalue weighted by molar-refractivity contribution is 9.11. The van der Waals surface area contributed by atoms with Crippen molar-refractivity contribution in [3.8, 4) is 0 Å². The van der Waals surface area contributed by atoms with Crippen LogP contribution in [0.25, 0.3) is 0 Å². The Morgan fingerprint density at radius 1 is 0.720 bits per heavy atom. The molecule has 0 fully saturated rings. The minimum atomic E-state index is -0.334. The van der Waals surface area contributed by atoms with Gasteiger partial charge in [-0.2, -0.15) is 0 Å². The number of nitrogens with zero attached hydrogens (tertiary/aromatic N) is 2. The monoisotopic (exact) mass is 526 g/mol. The molecule has 0 aliphatic heterocycles. The Balaban J connectivity index is 1.99. The van der Waals surface area contributed by atoms with Crippen molar-refractivity contribution >= 4 is 47.8 Å². The molecule has 3 rings (SSSR count). The fourth-order valence-corrected chi connectivity index (χ4v) is 3.42. The lowest BCUT2D eigenvalue weighted by Crippen LogP contribution is -2.40. The normalized spacial score (nSPS) is 10.8. The van der Waals surface area contributed by atoms with Crippen molar-refractivity contribution in [2.24, 2.45) is 0 Å². The molecule has 0 amide bonds. The van der Waals surface area contributed by atoms with E-state index in [2.05, 4.69) is 47.8 Å². The van der Waals surface area contributed by atoms with Crippen LogP contribution in [0.2, 0.25) is 0 Å². The zero-order valence-corrected chi connectivity index (χ0v) is 17.7. The first-order valence-corrected chi connectivity index (χ1v) is 9.80. The van der Waals surface area contributed by atoms with Crippen LogP contribution in [0.3, 0.4) is 0 Å². The van der Waals surface area contributed by atoms with Gasteiger partial charge in [-0.25, -0.2) is 4.79 Å². The van der Waals surface area contributed by atoms with Gasteiger partial charge in [0.05, 0.1) is 17.6 Å². The van der Waals surface area contributed by atoms with Gasteiger partial charge >= 0.3 is 5.69 Å². The van der Waals surface area contributed by atoms with E-state index < -0.39 is 0 Å². The van der Waals surface area contributed by atoms with Gasteiger partial charge < -0.3 is 0 Å². The maximum Gasteiger partial charge on any atom is 0.331 e. The Hall–Kier alpha value is -1.44. The van der Waals surface area contributed by atoms with E-state index >= 15 is 0 Å². The highest BCUT2D eigenvalue weighted by Gasteiger charge is 2.11. The maximum absolute atomic E-state index is 12.8. The molecule has 128 valence electrons. The SMILES string of the molecule is O=c1c(Br)cn(Cc2ccc(Br)cc2)c(=O)n1Cc1ccc(Br)cc1. The van der Waals surface area contributed by atoms with Crippen LogP contribution < -0.4 is 11.2 Å². The molecule has 4 nitrogen and oxygen atoms in total. The summed E-state index contributed by atoms with van der Waals surface area (Å²) in [6.07, 6.45) is 1.55. The summed E-state index contributed by atoms with van der Waals surface area (Å²) in [6, 6.07) is 15.3. The molecule has 2 aromatic carbocycles. The average molecular weight is 529 g/mol. The summed E-state index contributed by atoms with van der Waals surface area (Å²) in [5.74, 6) is 0. The molecule has 7 heteroatoms. The number of halogens is 3. The van der Waals surface area contributed by atoms with E-state index in [-0.39, 0.29) is 17.8 Å². The summed E-state index contributed by atoms with van der Waals surface area (Å²) in [5.41, 5.74) is 1.20. The Bertz CT molecular complexity index is 1010. The van der Waals surface area contributed by atoms with Gasteiger partial charge in [0.1, 0.15) is 0 Å². The second-order valence-corrected chi connectivity index (χ2v) is 8.22. The quantitative estimate of drug-likeness (QED) is 0.504. The molecular formula is C18H13Br3N2O2. The highest BCUT2D eigenvalue weighted by atomic mass is 79.9. The third-order valence-corrected chi connectivity index (χ3v) is 5.32. The fourth-order valence-electron chi connectivity index (χ4n) is 2.43. The largest absolute Gasteiger partial charge is 0.331 e. The first-order chi connectivity index (χ1) is 11.9. The van der Waals surface area contributed by atoms with Crippen LogP contribution in [0.1, 0.15) is 11.1 Å². The number of hydrogen-bond donors (Lipinski definition) is 0. The molecule has 3 aromatic rings. The molecule has 0 N–H and O–H groups in total. The summed E-state index contributed by atoms with van der Waals surface area (Å²) < 4.78 is 5.07. The number of hydrogen-bond acceptors (Lipinski definition) is 2. The van der Waals surface area contributed by atoms with Gasteiger partial charge in [0.15, 0.2) is 0 Å². The molecule has 0 atom stereocenters. The van der Waals surface area contributed by atoms with E-state index in [1.54, 1.807) is 6.20 Å². The lowest BCUT2D eigenvalue weighted by molar-refractivity contribution is 0.607. The van der Waals surface area contributed by atoms with Crippen LogP contribution in [-0.2, 0) is 13.1 Å². The van der Waals surface area contributed by atoms with Crippen LogP contribution in [0.4, 0.5) is 0 Å². The maximum atomic E-state index is 12.8. The molecule has 0 aliphatic rings. The van der Waals surface area contributed by atoms with Crippen LogP contribution in [0, 0.1) is 0 Å². The van der Waals surface area contributed by atoms with Crippen molar-refractivity contribution < 1.29 is 0 Å². The molecule has 0 bridgehead atoms. The zero-order valence-electron chi connectivity index (χ0n) is 13.0. The van der Waals surface area contributed by atoms with E-state index in [1.165, 1.54) is 9.13 Å². The third-order valence-electron chi connectivity index (χ3n) is 3.72. The molecular weight excluding hydrogens is 516 g/mol. The molecule has 1 aromatic heterocycles. The number of benzene rings is 2. The van der Waals surface area contributed by atoms with Gasteiger partial charge in [0, 0.05) is 15.1 Å². The van der Waals surface area contributed by atoms with Crippen molar-refractivity contribution in [2.75, 3.05) is 0 Å². The third kappa shape index (κ3) is 4.40. The predicted octanol–water partition coefficient (Wildman–Crippen LogP) is 4.39. The zero-order chi connectivity index (χ0) is 18.0. The second kappa shape index (κ2) is 7.85. The predicted molar refractivity (Wildman–Crippen MR) is 109 cm³/mol. The van der Waals surface area contributed by atoms with Gasteiger partial charge in [0.2, 0.25) is 0 Å². The summed E-state index contributed by atoms with van der Waals surface area (Å²) in [4.78, 5) is 25.2. The van der Waals surface area contributed by atoms with Crippen LogP contribution in [0.15, 0.2) is 77.7 Å². The first-order valence-electron chi connectivity index (χ1n) is 7.43. The van der Waals surface area contributed by atoms with Gasteiger partial charge in [-0.05, 0) is 51.3 Å². The molecule has 0 aliphatic carbocycles. The number of aromatic nitrogens is 2. The second-order valence-electron chi connectivity index (χ2n) is 5.53. The first kappa shape index (κ1) is 18.4. The van der Waals surface area contributed by atoms with Crippen LogP contribution >= 0.6 is 47.8 Å². The van der Waals surface area contributed by atoms with E-state index in [9.17, 15) is 9.59 Å². The molecule has 0 saturated heterocycles. The van der Waals surface area contributed by atoms with Gasteiger partial charge in [-0.15, -0.1) is 0 Å². The topological polar surface area (TPSA) is 44.0 Å². The van der Waals surface area contributed by atoms with E-state index in [0.717, 1.165) is 20.1 Å². The van der Waals surface area contributed by atoms with E-state index in [4.69, 9.17) is 0 Å². The molecule has 25 heavy (non-hydrogen) atoms. The minimum absolute atomic E-state index is 0.227. The number of rotatable bonds is 4. The summed E-state index contributed by atoms with van der Waals surface area (Å²) in [6.45, 7) is 0.621. The molecule has 1 heterocycles. The average Bonchev–Trinajstić information content (AvgIpc) is 2.60. The highest BCUT2D eigenvalue weighted by Crippen LogP contribution is 2.13. The Morgan fingerprint density at radius 2 is 1.20 bits per heavy atom. The Morgan fingerprint density at radius 3 is 1.72 bits per heavy atom. The fraction of sp³-hybridized carbons (Fsp3) is 0.111. The summed E-state index contributed by atoms with van der Waals surface area (Å²) in [7, 11) is 0. The lowest BCUT2D eigenvalue weighted by Gasteiger charge is -2.12. The minimum Gasteiger partial charge on any atom is -0.295 e. The Kier molecular flexibility index (Phi) is 5.76. The summed E-state index contributed by atoms with van der Waals surface area (Å²) in [5, 5.41) is 0. The molecule has 0 saturated carbocycles. The van der Waals surface area contributed by atoms with Gasteiger partial charge in [0.25, 0.3) is 5.56 Å². The molecule has 0 unspecified atom stereocenters. The van der Waals surface area contributed by atoms with Gasteiger partial charge in [-0.3, -0.25) is 13.9 Å². The molecule has 0 radical (unpaired) electrons. The van der Waals surface area contributed by atoms with E-state index in [0.29, 0.717) is 11.0 Å². The standard InChI is InChI=1S/C18H13Br3N2O2/c19-14-5-1-12(2-6-14)9-22-11-16(21)17(24)23(18(22)25)10-13-3-7-15(20)8-4-13/h1-8,11H,9-10H2. The van der Waals surface area contributed by atoms with Crippen molar-refractivity contribution in [2.45, 2.75) is 13.1 Å². The summed E-state index contributed by atoms with van der Waals surface area (Å²) >= 11 is 10.0. The van der Waals surface area contributed by atoms with E-state index in [1.807, 2.05) is 48.5 Å². The lowest BCUT2D eigenvalue weighted by atomic mass is 10.2. The van der Waals surface area contributed by atoms with Crippen molar-refractivity contribution in [3.63, 3.8) is 0 Å². The van der Waals surface area contributed by atoms with Crippen LogP contribution in [0.5, 0.6) is 0 Å². The smallest absolute Gasteiger partial charge is 0.295 e. The molecule has 0 spiro atoms. The van der Waals surface area contributed by atoms with Gasteiger partial charge in [-0.1, -0.05) is 56.1 Å².